The highest BCUT2D eigenvalue weighted by Crippen LogP contribution is 2.16. The number of nitrogens with zero attached hydrogens (tertiary/aromatic N) is 2. The predicted molar refractivity (Wildman–Crippen MR) is 83.4 cm³/mol. The van der Waals surface area contributed by atoms with Crippen molar-refractivity contribution < 1.29 is 4.74 Å². The molecule has 0 saturated carbocycles. The largest absolute Gasteiger partial charge is 0.491 e. The van der Waals surface area contributed by atoms with Crippen LogP contribution < -0.4 is 10.1 Å². The maximum atomic E-state index is 5.63. The first-order valence-corrected chi connectivity index (χ1v) is 6.99. The zero-order valence-electron chi connectivity index (χ0n) is 12.1. The van der Waals surface area contributed by atoms with Crippen molar-refractivity contribution in [2.75, 3.05) is 5.32 Å². The Kier molecular flexibility index (Phi) is 3.73. The van der Waals surface area contributed by atoms with Crippen molar-refractivity contribution in [2.45, 2.75) is 26.5 Å². The summed E-state index contributed by atoms with van der Waals surface area (Å²) in [7, 11) is 0. The molecule has 0 unspecified atom stereocenters. The van der Waals surface area contributed by atoms with Gasteiger partial charge in [0.25, 0.3) is 0 Å². The van der Waals surface area contributed by atoms with Crippen LogP contribution in [0.4, 0.5) is 5.69 Å². The minimum atomic E-state index is 0.196. The molecule has 0 fully saturated rings. The molecule has 0 aliphatic rings. The molecule has 5 nitrogen and oxygen atoms in total. The fraction of sp³-hybridized carbons (Fsp3) is 0.250. The second-order valence-corrected chi connectivity index (χ2v) is 5.16. The third-order valence-corrected chi connectivity index (χ3v) is 3.07. The number of ether oxygens (including phenoxy) is 1. The maximum Gasteiger partial charge on any atom is 0.177 e. The van der Waals surface area contributed by atoms with E-state index in [-0.39, 0.29) is 6.10 Å². The van der Waals surface area contributed by atoms with Gasteiger partial charge in [-0.15, -0.1) is 0 Å². The number of imidazole rings is 1. The molecule has 0 atom stereocenters. The molecule has 3 aromatic rings. The Bertz CT molecular complexity index is 718. The zero-order valence-corrected chi connectivity index (χ0v) is 12.1. The number of pyridine rings is 1. The number of H-pyrrole nitrogens is 1. The standard InChI is InChI=1S/C16H18N4O/c1-11(2)21-14-5-3-12(4-6-14)8-17-13-7-15-16(18-9-13)20-10-19-15/h3-7,9-11,17H,8H2,1-2H3,(H,18,19,20). The fourth-order valence-electron chi connectivity index (χ4n) is 2.09. The number of fused-ring (bicyclic) bond motifs is 1. The predicted octanol–water partition coefficient (Wildman–Crippen LogP) is 3.36. The highest BCUT2D eigenvalue weighted by molar-refractivity contribution is 5.73. The molecule has 2 heterocycles. The summed E-state index contributed by atoms with van der Waals surface area (Å²) in [5, 5.41) is 3.35. The van der Waals surface area contributed by atoms with E-state index in [9.17, 15) is 0 Å². The van der Waals surface area contributed by atoms with E-state index >= 15 is 0 Å². The van der Waals surface area contributed by atoms with Crippen LogP contribution in [0.2, 0.25) is 0 Å². The van der Waals surface area contributed by atoms with Crippen molar-refractivity contribution in [3.63, 3.8) is 0 Å². The van der Waals surface area contributed by atoms with Gasteiger partial charge in [-0.2, -0.15) is 0 Å². The molecule has 0 radical (unpaired) electrons. The molecule has 0 bridgehead atoms. The van der Waals surface area contributed by atoms with E-state index < -0.39 is 0 Å². The summed E-state index contributed by atoms with van der Waals surface area (Å²) >= 11 is 0. The van der Waals surface area contributed by atoms with Gasteiger partial charge in [0.15, 0.2) is 5.65 Å². The van der Waals surface area contributed by atoms with Crippen molar-refractivity contribution in [3.8, 4) is 5.75 Å². The number of aromatic amines is 1. The quantitative estimate of drug-likeness (QED) is 0.753. The second kappa shape index (κ2) is 5.83. The Morgan fingerprint density at radius 2 is 2.00 bits per heavy atom. The first kappa shape index (κ1) is 13.4. The lowest BCUT2D eigenvalue weighted by molar-refractivity contribution is 0.242. The van der Waals surface area contributed by atoms with E-state index in [1.807, 2.05) is 32.0 Å². The average molecular weight is 282 g/mol. The fourth-order valence-corrected chi connectivity index (χ4v) is 2.09. The minimum absolute atomic E-state index is 0.196. The van der Waals surface area contributed by atoms with Gasteiger partial charge in [0.05, 0.1) is 29.8 Å². The van der Waals surface area contributed by atoms with E-state index in [1.54, 1.807) is 12.5 Å². The smallest absolute Gasteiger partial charge is 0.177 e. The van der Waals surface area contributed by atoms with Crippen LogP contribution in [0, 0.1) is 0 Å². The number of rotatable bonds is 5. The first-order valence-electron chi connectivity index (χ1n) is 6.99. The molecule has 0 saturated heterocycles. The van der Waals surface area contributed by atoms with Crippen molar-refractivity contribution >= 4 is 16.9 Å². The lowest BCUT2D eigenvalue weighted by Gasteiger charge is -2.10. The summed E-state index contributed by atoms with van der Waals surface area (Å²) in [5.41, 5.74) is 3.82. The Labute approximate surface area is 123 Å². The van der Waals surface area contributed by atoms with Crippen LogP contribution in [0.15, 0.2) is 42.9 Å². The third-order valence-electron chi connectivity index (χ3n) is 3.07. The lowest BCUT2D eigenvalue weighted by atomic mass is 10.2. The summed E-state index contributed by atoms with van der Waals surface area (Å²) in [6.07, 6.45) is 3.63. The highest BCUT2D eigenvalue weighted by atomic mass is 16.5. The Balaban J connectivity index is 1.63. The van der Waals surface area contributed by atoms with E-state index in [0.29, 0.717) is 0 Å². The molecule has 0 amide bonds. The minimum Gasteiger partial charge on any atom is -0.491 e. The highest BCUT2D eigenvalue weighted by Gasteiger charge is 2.01. The van der Waals surface area contributed by atoms with Crippen LogP contribution in [-0.4, -0.2) is 21.1 Å². The molecule has 2 N–H and O–H groups in total. The Morgan fingerprint density at radius 3 is 2.76 bits per heavy atom. The zero-order chi connectivity index (χ0) is 14.7. The summed E-state index contributed by atoms with van der Waals surface area (Å²) in [4.78, 5) is 11.4. The second-order valence-electron chi connectivity index (χ2n) is 5.16. The topological polar surface area (TPSA) is 62.8 Å². The van der Waals surface area contributed by atoms with E-state index in [2.05, 4.69) is 32.4 Å². The number of anilines is 1. The van der Waals surface area contributed by atoms with Crippen molar-refractivity contribution in [2.24, 2.45) is 0 Å². The third kappa shape index (κ3) is 3.31. The number of benzene rings is 1. The normalized spacial score (nSPS) is 11.0. The molecule has 2 aromatic heterocycles. The molecule has 5 heteroatoms. The maximum absolute atomic E-state index is 5.63. The van der Waals surface area contributed by atoms with Gasteiger partial charge in [0, 0.05) is 6.54 Å². The number of hydrogen-bond donors (Lipinski definition) is 2. The molecule has 3 rings (SSSR count). The van der Waals surface area contributed by atoms with Gasteiger partial charge in [0.1, 0.15) is 5.75 Å². The molecule has 1 aromatic carbocycles. The van der Waals surface area contributed by atoms with Gasteiger partial charge >= 0.3 is 0 Å². The van der Waals surface area contributed by atoms with Crippen LogP contribution in [0.3, 0.4) is 0 Å². The average Bonchev–Trinajstić information content (AvgIpc) is 2.93. The molecule has 0 aliphatic heterocycles. The van der Waals surface area contributed by atoms with E-state index in [0.717, 1.165) is 29.1 Å². The number of nitrogens with one attached hydrogen (secondary N) is 2. The van der Waals surface area contributed by atoms with Crippen molar-refractivity contribution in [1.29, 1.82) is 0 Å². The molecule has 108 valence electrons. The van der Waals surface area contributed by atoms with Gasteiger partial charge in [-0.3, -0.25) is 0 Å². The monoisotopic (exact) mass is 282 g/mol. The van der Waals surface area contributed by atoms with Crippen LogP contribution >= 0.6 is 0 Å². The lowest BCUT2D eigenvalue weighted by Crippen LogP contribution is -2.05. The van der Waals surface area contributed by atoms with Crippen LogP contribution in [0.1, 0.15) is 19.4 Å². The van der Waals surface area contributed by atoms with Crippen LogP contribution in [-0.2, 0) is 6.54 Å². The van der Waals surface area contributed by atoms with E-state index in [1.165, 1.54) is 5.56 Å². The molecule has 21 heavy (non-hydrogen) atoms. The molecular formula is C16H18N4O. The Hall–Kier alpha value is -2.56. The first-order chi connectivity index (χ1) is 10.2. The van der Waals surface area contributed by atoms with Gasteiger partial charge in [-0.25, -0.2) is 9.97 Å². The van der Waals surface area contributed by atoms with Gasteiger partial charge in [-0.05, 0) is 37.6 Å². The van der Waals surface area contributed by atoms with Crippen molar-refractivity contribution in [1.82, 2.24) is 15.0 Å². The molecule has 0 spiro atoms. The summed E-state index contributed by atoms with van der Waals surface area (Å²) in [6.45, 7) is 4.78. The molecular weight excluding hydrogens is 264 g/mol. The van der Waals surface area contributed by atoms with Gasteiger partial charge in [0.2, 0.25) is 0 Å². The Morgan fingerprint density at radius 1 is 1.19 bits per heavy atom. The van der Waals surface area contributed by atoms with E-state index in [4.69, 9.17) is 4.74 Å². The number of aromatic nitrogens is 3. The molecule has 0 aliphatic carbocycles. The van der Waals surface area contributed by atoms with Crippen molar-refractivity contribution in [3.05, 3.63) is 48.4 Å². The summed E-state index contributed by atoms with van der Waals surface area (Å²) < 4.78 is 5.63. The number of hydrogen-bond acceptors (Lipinski definition) is 4. The summed E-state index contributed by atoms with van der Waals surface area (Å²) in [6, 6.07) is 10.1. The van der Waals surface area contributed by atoms with Crippen LogP contribution in [0.25, 0.3) is 11.2 Å². The SMILES string of the molecule is CC(C)Oc1ccc(CNc2cnc3nc[nH]c3c2)cc1. The van der Waals surface area contributed by atoms with Gasteiger partial charge in [-0.1, -0.05) is 12.1 Å². The summed E-state index contributed by atoms with van der Waals surface area (Å²) in [5.74, 6) is 0.897. The van der Waals surface area contributed by atoms with Crippen LogP contribution in [0.5, 0.6) is 5.75 Å². The van der Waals surface area contributed by atoms with Gasteiger partial charge < -0.3 is 15.0 Å².